The maximum Gasteiger partial charge on any atom is 0.159 e. The normalized spacial score (nSPS) is 20.5. The summed E-state index contributed by atoms with van der Waals surface area (Å²) in [6.45, 7) is 7.84. The molecule has 1 aromatic rings. The Labute approximate surface area is 156 Å². The Morgan fingerprint density at radius 1 is 1.31 bits per heavy atom. The van der Waals surface area contributed by atoms with E-state index in [1.165, 1.54) is 0 Å². The fraction of sp³-hybridized carbons (Fsp3) is 0.500. The van der Waals surface area contributed by atoms with Crippen molar-refractivity contribution in [2.45, 2.75) is 65.4 Å². The van der Waals surface area contributed by atoms with Crippen molar-refractivity contribution in [2.24, 2.45) is 0 Å². The first-order valence-electron chi connectivity index (χ1n) is 9.20. The number of ether oxygens (including phenoxy) is 1. The molecule has 2 N–H and O–H groups in total. The molecule has 26 heavy (non-hydrogen) atoms. The third kappa shape index (κ3) is 5.46. The quantitative estimate of drug-likeness (QED) is 0.560. The molecule has 4 heteroatoms. The number of allylic oxidation sites excluding steroid dienone is 3. The fourth-order valence-electron chi connectivity index (χ4n) is 3.36. The van der Waals surface area contributed by atoms with E-state index in [0.29, 0.717) is 6.42 Å². The lowest BCUT2D eigenvalue weighted by molar-refractivity contribution is -0.118. The first-order valence-corrected chi connectivity index (χ1v) is 9.20. The molecule has 1 aliphatic heterocycles. The average molecular weight is 358 g/mol. The largest absolute Gasteiger partial charge is 0.508 e. The van der Waals surface area contributed by atoms with E-state index < -0.39 is 5.60 Å². The summed E-state index contributed by atoms with van der Waals surface area (Å²) in [5.41, 5.74) is 3.38. The second-order valence-electron chi connectivity index (χ2n) is 7.68. The topological polar surface area (TPSA) is 66.8 Å². The highest BCUT2D eigenvalue weighted by molar-refractivity contribution is 5.91. The number of hydrogen-bond donors (Lipinski definition) is 2. The van der Waals surface area contributed by atoms with Gasteiger partial charge in [0.1, 0.15) is 17.1 Å². The van der Waals surface area contributed by atoms with E-state index in [1.54, 1.807) is 18.2 Å². The number of hydrogen-bond acceptors (Lipinski definition) is 4. The molecule has 142 valence electrons. The second kappa shape index (κ2) is 8.54. The number of ketones is 1. The maximum atomic E-state index is 12.5. The van der Waals surface area contributed by atoms with E-state index in [4.69, 9.17) is 9.84 Å². The Hall–Kier alpha value is -2.07. The molecule has 1 aliphatic rings. The van der Waals surface area contributed by atoms with Crippen molar-refractivity contribution < 1.29 is 19.7 Å². The lowest BCUT2D eigenvalue weighted by Crippen LogP contribution is -2.38. The van der Waals surface area contributed by atoms with Gasteiger partial charge in [-0.15, -0.1) is 0 Å². The molecule has 0 radical (unpaired) electrons. The van der Waals surface area contributed by atoms with Crippen LogP contribution >= 0.6 is 0 Å². The van der Waals surface area contributed by atoms with Gasteiger partial charge in [-0.25, -0.2) is 0 Å². The molecule has 1 aromatic carbocycles. The van der Waals surface area contributed by atoms with Crippen LogP contribution in [0.2, 0.25) is 0 Å². The fourth-order valence-corrected chi connectivity index (χ4v) is 3.36. The molecule has 0 aromatic heterocycles. The first kappa shape index (κ1) is 20.2. The van der Waals surface area contributed by atoms with Gasteiger partial charge in [0.25, 0.3) is 0 Å². The van der Waals surface area contributed by atoms with E-state index in [1.807, 2.05) is 33.8 Å². The van der Waals surface area contributed by atoms with Gasteiger partial charge in [-0.1, -0.05) is 17.2 Å². The highest BCUT2D eigenvalue weighted by Crippen LogP contribution is 2.39. The molecule has 0 saturated carbocycles. The van der Waals surface area contributed by atoms with Crippen molar-refractivity contribution in [3.8, 4) is 11.5 Å². The van der Waals surface area contributed by atoms with Crippen molar-refractivity contribution in [2.75, 3.05) is 6.61 Å². The van der Waals surface area contributed by atoms with E-state index in [-0.39, 0.29) is 18.1 Å². The Morgan fingerprint density at radius 3 is 2.73 bits per heavy atom. The average Bonchev–Trinajstić information content (AvgIpc) is 2.55. The number of aliphatic hydroxyl groups excluding tert-OH is 1. The molecular formula is C22H30O4. The van der Waals surface area contributed by atoms with Crippen LogP contribution in [0.5, 0.6) is 11.5 Å². The molecule has 0 fully saturated rings. The van der Waals surface area contributed by atoms with Crippen LogP contribution in [0, 0.1) is 6.92 Å². The van der Waals surface area contributed by atoms with Gasteiger partial charge < -0.3 is 14.9 Å². The van der Waals surface area contributed by atoms with Gasteiger partial charge in [-0.3, -0.25) is 4.79 Å². The van der Waals surface area contributed by atoms with Crippen LogP contribution in [-0.2, 0) is 11.2 Å². The number of benzene rings is 1. The molecule has 4 nitrogen and oxygen atoms in total. The zero-order valence-electron chi connectivity index (χ0n) is 16.3. The minimum Gasteiger partial charge on any atom is -0.508 e. The summed E-state index contributed by atoms with van der Waals surface area (Å²) < 4.78 is 6.19. The Kier molecular flexibility index (Phi) is 6.65. The monoisotopic (exact) mass is 358 g/mol. The number of phenolic OH excluding ortho intramolecular Hbond substituents is 1. The van der Waals surface area contributed by atoms with Gasteiger partial charge in [0.2, 0.25) is 0 Å². The molecule has 0 spiro atoms. The number of rotatable bonds is 7. The number of aliphatic hydroxyl groups is 1. The van der Waals surface area contributed by atoms with Crippen LogP contribution in [0.3, 0.4) is 0 Å². The number of carbonyl (C=O) groups excluding carboxylic acids is 1. The summed E-state index contributed by atoms with van der Waals surface area (Å²) in [5, 5.41) is 18.7. The third-order valence-electron chi connectivity index (χ3n) is 4.84. The van der Waals surface area contributed by atoms with Gasteiger partial charge in [0.15, 0.2) is 5.78 Å². The van der Waals surface area contributed by atoms with E-state index >= 15 is 0 Å². The zero-order valence-corrected chi connectivity index (χ0v) is 16.3. The van der Waals surface area contributed by atoms with Crippen molar-refractivity contribution >= 4 is 5.78 Å². The number of phenols is 1. The van der Waals surface area contributed by atoms with Crippen LogP contribution in [0.15, 0.2) is 35.4 Å². The summed E-state index contributed by atoms with van der Waals surface area (Å²) in [7, 11) is 0. The maximum absolute atomic E-state index is 12.5. The highest BCUT2D eigenvalue weighted by Gasteiger charge is 2.34. The molecule has 0 unspecified atom stereocenters. The van der Waals surface area contributed by atoms with Crippen LogP contribution in [0.1, 0.15) is 57.6 Å². The number of aromatic hydroxyl groups is 1. The van der Waals surface area contributed by atoms with Gasteiger partial charge in [-0.05, 0) is 82.7 Å². The summed E-state index contributed by atoms with van der Waals surface area (Å²) in [6.07, 6.45) is 7.24. The predicted octanol–water partition coefficient (Wildman–Crippen LogP) is 4.41. The lowest BCUT2D eigenvalue weighted by Gasteiger charge is -2.36. The Morgan fingerprint density at radius 2 is 2.04 bits per heavy atom. The molecule has 1 heterocycles. The zero-order chi connectivity index (χ0) is 19.3. The number of fused-ring (bicyclic) bond motifs is 1. The lowest BCUT2D eigenvalue weighted by atomic mass is 9.87. The van der Waals surface area contributed by atoms with Gasteiger partial charge in [0, 0.05) is 6.42 Å². The number of carbonyl (C=O) groups is 1. The predicted molar refractivity (Wildman–Crippen MR) is 104 cm³/mol. The second-order valence-corrected chi connectivity index (χ2v) is 7.68. The van der Waals surface area contributed by atoms with Crippen molar-refractivity contribution in [1.29, 1.82) is 0 Å². The van der Waals surface area contributed by atoms with Crippen molar-refractivity contribution in [3.05, 3.63) is 46.6 Å². The van der Waals surface area contributed by atoms with Crippen LogP contribution in [0.4, 0.5) is 0 Å². The van der Waals surface area contributed by atoms with Crippen LogP contribution < -0.4 is 4.74 Å². The highest BCUT2D eigenvalue weighted by atomic mass is 16.5. The molecule has 2 rings (SSSR count). The van der Waals surface area contributed by atoms with E-state index in [2.05, 4.69) is 0 Å². The SMILES string of the molecule is C/C(=C\CC/C(C)=C/C(=O)C[C@]1(C)CCc2cc(O)cc(C)c2O1)CO. The van der Waals surface area contributed by atoms with Crippen molar-refractivity contribution in [1.82, 2.24) is 0 Å². The summed E-state index contributed by atoms with van der Waals surface area (Å²) in [5.74, 6) is 1.14. The molecule has 0 amide bonds. The molecule has 1 atom stereocenters. The van der Waals surface area contributed by atoms with Gasteiger partial charge >= 0.3 is 0 Å². The van der Waals surface area contributed by atoms with Crippen LogP contribution in [-0.4, -0.2) is 28.2 Å². The first-order chi connectivity index (χ1) is 12.2. The number of aryl methyl sites for hydroxylation is 2. The van der Waals surface area contributed by atoms with Gasteiger partial charge in [0.05, 0.1) is 6.61 Å². The smallest absolute Gasteiger partial charge is 0.159 e. The third-order valence-corrected chi connectivity index (χ3v) is 4.84. The molecule has 0 saturated heterocycles. The van der Waals surface area contributed by atoms with E-state index in [0.717, 1.165) is 53.7 Å². The molecular weight excluding hydrogens is 328 g/mol. The molecule has 0 aliphatic carbocycles. The summed E-state index contributed by atoms with van der Waals surface area (Å²) in [6, 6.07) is 3.44. The van der Waals surface area contributed by atoms with Gasteiger partial charge in [-0.2, -0.15) is 0 Å². The Bertz CT molecular complexity index is 730. The summed E-state index contributed by atoms with van der Waals surface area (Å²) in [4.78, 5) is 12.5. The minimum absolute atomic E-state index is 0.0766. The minimum atomic E-state index is -0.518. The standard InChI is InChI=1S/C22H30O4/c1-15(6-5-7-16(2)14-23)10-20(25)13-22(4)9-8-18-12-19(24)11-17(3)21(18)26-22/h7,10-12,23-24H,5-6,8-9,13-14H2,1-4H3/b15-10+,16-7+/t22-/m0/s1. The van der Waals surface area contributed by atoms with E-state index in [9.17, 15) is 9.90 Å². The van der Waals surface area contributed by atoms with Crippen molar-refractivity contribution in [3.63, 3.8) is 0 Å². The Balaban J connectivity index is 1.99. The van der Waals surface area contributed by atoms with Crippen LogP contribution in [0.25, 0.3) is 0 Å². The molecule has 0 bridgehead atoms. The summed E-state index contributed by atoms with van der Waals surface area (Å²) >= 11 is 0.